The molecule has 2 saturated heterocycles. The molecule has 85 heavy (non-hydrogen) atoms. The first-order chi connectivity index (χ1) is 41.3. The number of carboxylic acids is 1. The molecular formula is C53H80N16O15S. The third-order valence-electron chi connectivity index (χ3n) is 13.0. The second kappa shape index (κ2) is 40.0. The van der Waals surface area contributed by atoms with Crippen LogP contribution in [0.25, 0.3) is 21.6 Å². The number of anilines is 2. The maximum atomic E-state index is 13.0. The van der Waals surface area contributed by atoms with Gasteiger partial charge >= 0.3 is 12.0 Å². The van der Waals surface area contributed by atoms with Crippen molar-refractivity contribution >= 4 is 76.1 Å². The van der Waals surface area contributed by atoms with Crippen LogP contribution in [0.5, 0.6) is 0 Å². The van der Waals surface area contributed by atoms with Crippen LogP contribution in [0, 0.1) is 0 Å². The first-order valence-corrected chi connectivity index (χ1v) is 29.5. The van der Waals surface area contributed by atoms with Crippen molar-refractivity contribution in [2.45, 2.75) is 107 Å². The average Bonchev–Trinajstić information content (AvgIpc) is 4.01. The summed E-state index contributed by atoms with van der Waals surface area (Å²) in [7, 11) is 0. The number of hydrogen-bond acceptors (Lipinski definition) is 21. The van der Waals surface area contributed by atoms with Crippen LogP contribution >= 0.6 is 11.8 Å². The van der Waals surface area contributed by atoms with Gasteiger partial charge in [-0.15, -0.1) is 0 Å². The molecule has 5 rings (SSSR count). The smallest absolute Gasteiger partial charge is 0.326 e. The molecule has 2 aromatic heterocycles. The SMILES string of the molecule is [N-]=[N+]=NCCCC[C@@H](NC(=O)COCCOCCOCCNC(=O)CC[C@@H](NC(=O)c1ccc(NCc2cnc3nc(N)[nH]c(=O)c3n2)cc1)C(=O)O)C(=O)NCCCOCCOCCOCCCNC(=O)CCCC[C@@H]1SC[C@H]2NC(=O)N[C@@H]12. The highest BCUT2D eigenvalue weighted by Crippen LogP contribution is 2.33. The third kappa shape index (κ3) is 27.4. The van der Waals surface area contributed by atoms with Crippen molar-refractivity contribution < 1.29 is 67.1 Å². The lowest BCUT2D eigenvalue weighted by molar-refractivity contribution is -0.139. The number of thioether (sulfide) groups is 1. The minimum atomic E-state index is -1.33. The van der Waals surface area contributed by atoms with Gasteiger partial charge in [0.25, 0.3) is 11.5 Å². The molecule has 0 radical (unpaired) electrons. The number of amides is 7. The number of carbonyl (C=O) groups is 7. The molecule has 0 aliphatic carbocycles. The van der Waals surface area contributed by atoms with Crippen LogP contribution in [0.3, 0.4) is 0 Å². The molecule has 1 aromatic carbocycles. The largest absolute Gasteiger partial charge is 0.480 e. The predicted molar refractivity (Wildman–Crippen MR) is 311 cm³/mol. The van der Waals surface area contributed by atoms with E-state index < -0.39 is 41.3 Å². The fourth-order valence-corrected chi connectivity index (χ4v) is 10.2. The van der Waals surface area contributed by atoms with Gasteiger partial charge in [-0.2, -0.15) is 16.7 Å². The molecule has 0 saturated carbocycles. The van der Waals surface area contributed by atoms with Crippen molar-refractivity contribution in [1.82, 2.24) is 57.2 Å². The molecule has 2 aliphatic heterocycles. The van der Waals surface area contributed by atoms with Gasteiger partial charge in [-0.3, -0.25) is 33.8 Å². The molecule has 0 bridgehead atoms. The Morgan fingerprint density at radius 3 is 2.09 bits per heavy atom. The second-order valence-corrected chi connectivity index (χ2v) is 20.8. The molecule has 12 N–H and O–H groups in total. The maximum Gasteiger partial charge on any atom is 0.326 e. The zero-order valence-corrected chi connectivity index (χ0v) is 48.4. The number of unbranched alkanes of at least 4 members (excludes halogenated alkanes) is 2. The van der Waals surface area contributed by atoms with Gasteiger partial charge in [-0.25, -0.2) is 19.6 Å². The lowest BCUT2D eigenvalue weighted by Gasteiger charge is -2.18. The maximum absolute atomic E-state index is 13.0. The van der Waals surface area contributed by atoms with Crippen molar-refractivity contribution in [2.24, 2.45) is 5.11 Å². The zero-order valence-electron chi connectivity index (χ0n) is 47.6. The van der Waals surface area contributed by atoms with Crippen molar-refractivity contribution in [3.8, 4) is 0 Å². The van der Waals surface area contributed by atoms with E-state index in [1.54, 1.807) is 12.1 Å². The lowest BCUT2D eigenvalue weighted by Crippen LogP contribution is -2.48. The zero-order chi connectivity index (χ0) is 60.9. The highest BCUT2D eigenvalue weighted by Gasteiger charge is 2.42. The topological polar surface area (TPSA) is 438 Å². The number of azide groups is 1. The Hall–Kier alpha value is -7.45. The van der Waals surface area contributed by atoms with Gasteiger partial charge in [-0.05, 0) is 74.7 Å². The summed E-state index contributed by atoms with van der Waals surface area (Å²) in [6.07, 6.45) is 6.95. The number of rotatable bonds is 46. The molecule has 32 heteroatoms. The quantitative estimate of drug-likeness (QED) is 0.0122. The third-order valence-corrected chi connectivity index (χ3v) is 14.5. The van der Waals surface area contributed by atoms with Crippen LogP contribution in [-0.2, 0) is 58.9 Å². The molecule has 7 amide bonds. The molecule has 2 fully saturated rings. The summed E-state index contributed by atoms with van der Waals surface area (Å²) < 4.78 is 33.1. The van der Waals surface area contributed by atoms with Gasteiger partial charge in [0.05, 0.1) is 90.0 Å². The van der Waals surface area contributed by atoms with Crippen molar-refractivity contribution in [3.63, 3.8) is 0 Å². The van der Waals surface area contributed by atoms with Crippen LogP contribution in [0.4, 0.5) is 16.4 Å². The van der Waals surface area contributed by atoms with Crippen molar-refractivity contribution in [1.29, 1.82) is 0 Å². The summed E-state index contributed by atoms with van der Waals surface area (Å²) in [6, 6.07) is 4.38. The number of benzene rings is 1. The van der Waals surface area contributed by atoms with Gasteiger partial charge in [0, 0.05) is 79.4 Å². The van der Waals surface area contributed by atoms with E-state index in [2.05, 4.69) is 72.5 Å². The van der Waals surface area contributed by atoms with E-state index in [1.165, 1.54) is 18.3 Å². The first kappa shape index (κ1) is 68.3. The molecular weight excluding hydrogens is 1130 g/mol. The summed E-state index contributed by atoms with van der Waals surface area (Å²) >= 11 is 1.88. The lowest BCUT2D eigenvalue weighted by atomic mass is 10.0. The number of aromatic amines is 1. The minimum absolute atomic E-state index is 0.0331. The number of nitrogen functional groups attached to an aromatic ring is 1. The molecule has 5 atom stereocenters. The summed E-state index contributed by atoms with van der Waals surface area (Å²) in [4.78, 5) is 116. The fourth-order valence-electron chi connectivity index (χ4n) is 8.61. The van der Waals surface area contributed by atoms with E-state index in [0.717, 1.165) is 25.0 Å². The predicted octanol–water partition coefficient (Wildman–Crippen LogP) is 0.790. The molecule has 468 valence electrons. The Labute approximate surface area is 495 Å². The molecule has 3 aromatic rings. The van der Waals surface area contributed by atoms with Crippen molar-refractivity contribution in [2.75, 3.05) is 122 Å². The Balaban J connectivity index is 0.802. The van der Waals surface area contributed by atoms with Gasteiger partial charge in [0.1, 0.15) is 18.7 Å². The minimum Gasteiger partial charge on any atom is -0.480 e. The van der Waals surface area contributed by atoms with Gasteiger partial charge in [-0.1, -0.05) is 18.0 Å². The highest BCUT2D eigenvalue weighted by molar-refractivity contribution is 8.00. The second-order valence-electron chi connectivity index (χ2n) is 19.6. The Morgan fingerprint density at radius 1 is 0.729 bits per heavy atom. The Bertz CT molecular complexity index is 2690. The van der Waals surface area contributed by atoms with Crippen LogP contribution in [0.15, 0.2) is 40.4 Å². The molecule has 0 spiro atoms. The normalized spacial score (nSPS) is 15.8. The summed E-state index contributed by atoms with van der Waals surface area (Å²) in [5.41, 5.74) is 15.0. The molecule has 0 unspecified atom stereocenters. The molecule has 4 heterocycles. The number of aliphatic carboxylic acids is 1. The molecule has 31 nitrogen and oxygen atoms in total. The highest BCUT2D eigenvalue weighted by atomic mass is 32.2. The number of hydrogen-bond donors (Lipinski definition) is 11. The van der Waals surface area contributed by atoms with Gasteiger partial charge < -0.3 is 81.8 Å². The van der Waals surface area contributed by atoms with Gasteiger partial charge in [0.15, 0.2) is 11.2 Å². The van der Waals surface area contributed by atoms with E-state index in [-0.39, 0.29) is 125 Å². The van der Waals surface area contributed by atoms with E-state index in [4.69, 9.17) is 39.7 Å². The monoisotopic (exact) mass is 1210 g/mol. The number of carboxylic acid groups (broad SMARTS) is 1. The number of aromatic nitrogens is 4. The van der Waals surface area contributed by atoms with E-state index in [0.29, 0.717) is 108 Å². The Morgan fingerprint density at radius 2 is 1.39 bits per heavy atom. The Kier molecular flexibility index (Phi) is 32.1. The van der Waals surface area contributed by atoms with Crippen molar-refractivity contribution in [3.05, 3.63) is 62.5 Å². The van der Waals surface area contributed by atoms with Crippen LogP contribution < -0.4 is 53.8 Å². The fraction of sp³-hybridized carbons (Fsp3) is 0.642. The molecule has 2 aliphatic rings. The summed E-state index contributed by atoms with van der Waals surface area (Å²) in [5.74, 6) is -2.34. The standard InChI is InChI=1S/C53H80N16O15S/c54-52-67-47-46(50(75)68-52)62-37(32-60-47)31-59-36-12-10-35(11-13-36)48(73)64-39(51(76)77)14-15-43(71)57-19-22-81-25-28-83-29-30-84-33-44(72)63-38(7-3-4-18-61-69-55)49(74)58-17-6-21-80-24-27-82-26-23-79-20-5-16-56-42(70)9-2-1-8-41-45-40(34-85-41)65-53(78)66-45/h10-13,32,38-41,45,59H,1-9,14-31,33-34H2,(H,56,70)(H,57,71)(H,58,74)(H,63,72)(H,64,73)(H,76,77)(H2,65,66,78)(H3,54,60,67,68,75)/t38-,39-,40-,41+,45-/m1/s1. The number of ether oxygens (including phenoxy) is 6. The number of nitrogens with one attached hydrogen (secondary N) is 9. The number of H-pyrrole nitrogens is 1. The summed E-state index contributed by atoms with van der Waals surface area (Å²) in [5, 5.41) is 36.2. The average molecular weight is 1210 g/mol. The van der Waals surface area contributed by atoms with E-state index in [9.17, 15) is 43.5 Å². The number of fused-ring (bicyclic) bond motifs is 2. The summed E-state index contributed by atoms with van der Waals surface area (Å²) in [6.45, 7) is 4.39. The van der Waals surface area contributed by atoms with Crippen LogP contribution in [0.1, 0.15) is 86.7 Å². The first-order valence-electron chi connectivity index (χ1n) is 28.4. The van der Waals surface area contributed by atoms with E-state index >= 15 is 0 Å². The number of nitrogens with two attached hydrogens (primary N) is 1. The van der Waals surface area contributed by atoms with Crippen LogP contribution in [0.2, 0.25) is 0 Å². The number of carbonyl (C=O) groups excluding carboxylic acids is 6. The van der Waals surface area contributed by atoms with E-state index in [1.807, 2.05) is 11.8 Å². The van der Waals surface area contributed by atoms with Crippen LogP contribution in [-0.4, -0.2) is 207 Å². The number of urea groups is 1. The van der Waals surface area contributed by atoms with Gasteiger partial charge in [0.2, 0.25) is 29.6 Å². The number of nitrogens with zero attached hydrogens (tertiary/aromatic N) is 6.